The average molecular weight is 358 g/mol. The number of carbonyl (C=O) groups excluding carboxylic acids is 5. The van der Waals surface area contributed by atoms with Gasteiger partial charge in [-0.2, -0.15) is 0 Å². The number of amides is 3. The van der Waals surface area contributed by atoms with E-state index in [1.807, 2.05) is 7.05 Å². The fourth-order valence-electron chi connectivity index (χ4n) is 1.70. The third-order valence-corrected chi connectivity index (χ3v) is 3.08. The van der Waals surface area contributed by atoms with Crippen LogP contribution in [0.4, 0.5) is 0 Å². The third kappa shape index (κ3) is 12.6. The van der Waals surface area contributed by atoms with E-state index in [1.165, 1.54) is 0 Å². The van der Waals surface area contributed by atoms with Crippen molar-refractivity contribution in [2.24, 2.45) is 0 Å². The summed E-state index contributed by atoms with van der Waals surface area (Å²) in [6.07, 6.45) is 2.99. The van der Waals surface area contributed by atoms with Crippen LogP contribution in [0.2, 0.25) is 0 Å². The van der Waals surface area contributed by atoms with Gasteiger partial charge in [-0.1, -0.05) is 6.42 Å². The van der Waals surface area contributed by atoms with Gasteiger partial charge in [-0.05, 0) is 26.4 Å². The lowest BCUT2D eigenvalue weighted by atomic mass is 10.2. The second kappa shape index (κ2) is 13.9. The monoisotopic (exact) mass is 358 g/mol. The summed E-state index contributed by atoms with van der Waals surface area (Å²) in [5.41, 5.74) is 0. The summed E-state index contributed by atoms with van der Waals surface area (Å²) in [7, 11) is 2.92. The van der Waals surface area contributed by atoms with E-state index in [0.29, 0.717) is 6.42 Å². The molecule has 0 saturated carbocycles. The molecule has 0 bridgehead atoms. The zero-order valence-corrected chi connectivity index (χ0v) is 14.6. The maximum Gasteiger partial charge on any atom is 0.376 e. The maximum absolute atomic E-state index is 11.5. The van der Waals surface area contributed by atoms with Crippen molar-refractivity contribution in [3.8, 4) is 0 Å². The van der Waals surface area contributed by atoms with E-state index >= 15 is 0 Å². The molecule has 0 aliphatic carbocycles. The highest BCUT2D eigenvalue weighted by Crippen LogP contribution is 1.98. The number of methoxy groups -OCH3 is 1. The molecular weight excluding hydrogens is 332 g/mol. The maximum atomic E-state index is 11.5. The van der Waals surface area contributed by atoms with E-state index in [2.05, 4.69) is 26.0 Å². The average Bonchev–Trinajstić information content (AvgIpc) is 2.61. The van der Waals surface area contributed by atoms with Crippen molar-refractivity contribution in [3.63, 3.8) is 0 Å². The molecule has 4 N–H and O–H groups in total. The number of hydrogen-bond donors (Lipinski definition) is 4. The van der Waals surface area contributed by atoms with Gasteiger partial charge in [-0.25, -0.2) is 4.79 Å². The van der Waals surface area contributed by atoms with Gasteiger partial charge in [0.25, 0.3) is 5.78 Å². The minimum Gasteiger partial charge on any atom is -0.463 e. The smallest absolute Gasteiger partial charge is 0.376 e. The van der Waals surface area contributed by atoms with Crippen LogP contribution in [-0.2, 0) is 28.7 Å². The van der Waals surface area contributed by atoms with Crippen molar-refractivity contribution >= 4 is 29.5 Å². The van der Waals surface area contributed by atoms with Crippen molar-refractivity contribution in [1.82, 2.24) is 21.3 Å². The second-order valence-corrected chi connectivity index (χ2v) is 5.16. The molecule has 0 atom stereocenters. The van der Waals surface area contributed by atoms with Gasteiger partial charge in [0.15, 0.2) is 0 Å². The number of esters is 1. The first-order valence-electron chi connectivity index (χ1n) is 7.96. The molecule has 0 aliphatic heterocycles. The van der Waals surface area contributed by atoms with Crippen molar-refractivity contribution < 1.29 is 28.7 Å². The standard InChI is InChI=1S/C15H26N4O6/c1-16-7-5-3-4-6-12(21)18-9-14(23)19-10-13(22)17-8-11(20)15(24)25-2/h16H,3-10H2,1-2H3,(H,17,22)(H,18,21)(H,19,23). The van der Waals surface area contributed by atoms with Gasteiger partial charge in [-0.3, -0.25) is 19.2 Å². The van der Waals surface area contributed by atoms with Crippen molar-refractivity contribution in [2.45, 2.75) is 25.7 Å². The van der Waals surface area contributed by atoms with E-state index in [0.717, 1.165) is 32.9 Å². The van der Waals surface area contributed by atoms with E-state index < -0.39 is 30.1 Å². The van der Waals surface area contributed by atoms with Crippen LogP contribution in [0, 0.1) is 0 Å². The number of ether oxygens (including phenoxy) is 1. The first-order chi connectivity index (χ1) is 11.9. The largest absolute Gasteiger partial charge is 0.463 e. The van der Waals surface area contributed by atoms with Gasteiger partial charge >= 0.3 is 5.97 Å². The zero-order valence-electron chi connectivity index (χ0n) is 14.6. The Labute approximate surface area is 146 Å². The topological polar surface area (TPSA) is 143 Å². The highest BCUT2D eigenvalue weighted by atomic mass is 16.5. The number of nitrogens with one attached hydrogen (secondary N) is 4. The summed E-state index contributed by atoms with van der Waals surface area (Å²) < 4.78 is 4.19. The summed E-state index contributed by atoms with van der Waals surface area (Å²) in [6.45, 7) is -0.208. The van der Waals surface area contributed by atoms with Gasteiger partial charge < -0.3 is 26.0 Å². The van der Waals surface area contributed by atoms with Gasteiger partial charge in [0.05, 0.1) is 26.7 Å². The van der Waals surface area contributed by atoms with Crippen LogP contribution in [0.15, 0.2) is 0 Å². The molecule has 0 aromatic carbocycles. The predicted molar refractivity (Wildman–Crippen MR) is 88.4 cm³/mol. The van der Waals surface area contributed by atoms with Crippen LogP contribution < -0.4 is 21.3 Å². The lowest BCUT2D eigenvalue weighted by molar-refractivity contribution is -0.151. The highest BCUT2D eigenvalue weighted by molar-refractivity contribution is 6.34. The molecular formula is C15H26N4O6. The molecule has 25 heavy (non-hydrogen) atoms. The molecule has 142 valence electrons. The van der Waals surface area contributed by atoms with Crippen LogP contribution in [0.25, 0.3) is 0 Å². The molecule has 0 aromatic heterocycles. The molecule has 0 unspecified atom stereocenters. The van der Waals surface area contributed by atoms with E-state index in [9.17, 15) is 24.0 Å². The molecule has 0 fully saturated rings. The number of unbranched alkanes of at least 4 members (excludes halogenated alkanes) is 2. The normalized spacial score (nSPS) is 9.84. The Balaban J connectivity index is 3.75. The summed E-state index contributed by atoms with van der Waals surface area (Å²) in [5, 5.41) is 9.92. The highest BCUT2D eigenvalue weighted by Gasteiger charge is 2.15. The first kappa shape index (κ1) is 22.5. The summed E-state index contributed by atoms with van der Waals surface area (Å²) in [5.74, 6) is -3.35. The molecule has 0 aromatic rings. The van der Waals surface area contributed by atoms with Crippen LogP contribution in [0.5, 0.6) is 0 Å². The lowest BCUT2D eigenvalue weighted by Gasteiger charge is -2.07. The minimum atomic E-state index is -1.06. The number of Topliss-reactive ketones (excluding diaryl/α,β-unsaturated/α-hetero) is 1. The van der Waals surface area contributed by atoms with Crippen LogP contribution in [-0.4, -0.2) is 69.8 Å². The molecule has 10 heteroatoms. The van der Waals surface area contributed by atoms with Crippen LogP contribution in [0.3, 0.4) is 0 Å². The van der Waals surface area contributed by atoms with Crippen molar-refractivity contribution in [3.05, 3.63) is 0 Å². The van der Waals surface area contributed by atoms with Gasteiger partial charge in [-0.15, -0.1) is 0 Å². The third-order valence-electron chi connectivity index (χ3n) is 3.08. The molecule has 10 nitrogen and oxygen atoms in total. The molecule has 0 aliphatic rings. The molecule has 0 rings (SSSR count). The number of ketones is 1. The molecule has 3 amide bonds. The summed E-state index contributed by atoms with van der Waals surface area (Å²) in [6, 6.07) is 0. The Hall–Kier alpha value is -2.49. The molecule has 0 spiro atoms. The quantitative estimate of drug-likeness (QED) is 0.167. The fraction of sp³-hybridized carbons (Fsp3) is 0.667. The SMILES string of the molecule is CNCCCCCC(=O)NCC(=O)NCC(=O)NCC(=O)C(=O)OC. The number of hydrogen-bond acceptors (Lipinski definition) is 7. The molecule has 0 heterocycles. The van der Waals surface area contributed by atoms with Gasteiger partial charge in [0, 0.05) is 6.42 Å². The predicted octanol–water partition coefficient (Wildman–Crippen LogP) is -2.14. The second-order valence-electron chi connectivity index (χ2n) is 5.16. The van der Waals surface area contributed by atoms with E-state index in [-0.39, 0.29) is 19.0 Å². The Morgan fingerprint density at radius 3 is 1.88 bits per heavy atom. The van der Waals surface area contributed by atoms with Crippen LogP contribution >= 0.6 is 0 Å². The Kier molecular flexibility index (Phi) is 12.5. The summed E-state index contributed by atoms with van der Waals surface area (Å²) in [4.78, 5) is 56.4. The first-order valence-corrected chi connectivity index (χ1v) is 7.96. The number of carbonyl (C=O) groups is 5. The van der Waals surface area contributed by atoms with Gasteiger partial charge in [0.1, 0.15) is 0 Å². The number of rotatable bonds is 13. The fourth-order valence-corrected chi connectivity index (χ4v) is 1.70. The van der Waals surface area contributed by atoms with E-state index in [4.69, 9.17) is 0 Å². The Morgan fingerprint density at radius 1 is 0.760 bits per heavy atom. The van der Waals surface area contributed by atoms with E-state index in [1.54, 1.807) is 0 Å². The van der Waals surface area contributed by atoms with Gasteiger partial charge in [0.2, 0.25) is 17.7 Å². The Morgan fingerprint density at radius 2 is 1.32 bits per heavy atom. The molecule has 0 radical (unpaired) electrons. The van der Waals surface area contributed by atoms with Crippen molar-refractivity contribution in [1.29, 1.82) is 0 Å². The van der Waals surface area contributed by atoms with Crippen LogP contribution in [0.1, 0.15) is 25.7 Å². The minimum absolute atomic E-state index is 0.229. The zero-order chi connectivity index (χ0) is 19.1. The lowest BCUT2D eigenvalue weighted by Crippen LogP contribution is -2.43. The summed E-state index contributed by atoms with van der Waals surface area (Å²) >= 11 is 0. The van der Waals surface area contributed by atoms with Crippen molar-refractivity contribution in [2.75, 3.05) is 40.3 Å². The Bertz CT molecular complexity index is 481. The molecule has 0 saturated heterocycles.